The van der Waals surface area contributed by atoms with E-state index in [-0.39, 0.29) is 0 Å². The summed E-state index contributed by atoms with van der Waals surface area (Å²) in [6.45, 7) is 16.4. The van der Waals surface area contributed by atoms with Crippen LogP contribution in [-0.4, -0.2) is 75.5 Å². The zero-order valence-corrected chi connectivity index (χ0v) is 22.0. The maximum atomic E-state index is 5.94. The summed E-state index contributed by atoms with van der Waals surface area (Å²) in [4.78, 5) is 0. The highest BCUT2D eigenvalue weighted by Crippen LogP contribution is 2.13. The Morgan fingerprint density at radius 3 is 1.45 bits per heavy atom. The molecule has 1 aromatic rings. The topological polar surface area (TPSA) is 82.7 Å². The zero-order valence-electron chi connectivity index (χ0n) is 20.0. The predicted molar refractivity (Wildman–Crippen MR) is 118 cm³/mol. The highest BCUT2D eigenvalue weighted by molar-refractivity contribution is 6.53. The Bertz CT molecular complexity index is 498. The molecule has 0 radical (unpaired) electrons. The Morgan fingerprint density at radius 2 is 1.03 bits per heavy atom. The quantitative estimate of drug-likeness (QED) is 0.206. The van der Waals surface area contributed by atoms with Crippen molar-refractivity contribution in [1.29, 1.82) is 0 Å². The maximum absolute atomic E-state index is 5.94. The number of imidazole rings is 1. The maximum Gasteiger partial charge on any atom is 0.679 e. The van der Waals surface area contributed by atoms with Gasteiger partial charge in [-0.25, -0.2) is 9.13 Å². The minimum absolute atomic E-state index is 0.423. The summed E-state index contributed by atoms with van der Waals surface area (Å²) in [5.74, 6) is 0. The van der Waals surface area contributed by atoms with Crippen LogP contribution < -0.4 is 4.57 Å². The second-order valence-electron chi connectivity index (χ2n) is 6.18. The van der Waals surface area contributed by atoms with Gasteiger partial charge in [0, 0.05) is 39.6 Å². The first-order valence-electron chi connectivity index (χ1n) is 11.2. The summed E-state index contributed by atoms with van der Waals surface area (Å²) < 4.78 is 50.2. The molecule has 31 heavy (non-hydrogen) atoms. The molecule has 0 atom stereocenters. The average molecular weight is 482 g/mol. The van der Waals surface area contributed by atoms with E-state index in [1.54, 1.807) is 0 Å². The molecule has 0 spiro atoms. The van der Waals surface area contributed by atoms with E-state index in [4.69, 9.17) is 35.4 Å². The molecule has 10 nitrogen and oxygen atoms in total. The Kier molecular flexibility index (Phi) is 14.7. The number of rotatable bonds is 20. The molecular formula is C19H41N2O8Si2+. The molecule has 0 aliphatic carbocycles. The van der Waals surface area contributed by atoms with Gasteiger partial charge in [0.15, 0.2) is 0 Å². The number of nitrogens with zero attached hydrogens (tertiary/aromatic N) is 2. The largest absolute Gasteiger partial charge is 0.679 e. The smallest absolute Gasteiger partial charge is 0.351 e. The van der Waals surface area contributed by atoms with Crippen LogP contribution in [0.25, 0.3) is 0 Å². The lowest BCUT2D eigenvalue weighted by Crippen LogP contribution is -2.51. The van der Waals surface area contributed by atoms with Crippen LogP contribution in [0.4, 0.5) is 0 Å². The van der Waals surface area contributed by atoms with Crippen molar-refractivity contribution in [2.24, 2.45) is 0 Å². The van der Waals surface area contributed by atoms with Crippen LogP contribution in [-0.2, 0) is 48.5 Å². The molecule has 0 saturated heterocycles. The van der Waals surface area contributed by atoms with Crippen LogP contribution in [0.15, 0.2) is 18.7 Å². The van der Waals surface area contributed by atoms with Gasteiger partial charge in [0.1, 0.15) is 25.5 Å². The fourth-order valence-corrected chi connectivity index (χ4v) is 6.62. The van der Waals surface area contributed by atoms with Crippen LogP contribution in [0.1, 0.15) is 41.5 Å². The van der Waals surface area contributed by atoms with Gasteiger partial charge in [0.05, 0.1) is 13.2 Å². The molecule has 0 aromatic carbocycles. The Morgan fingerprint density at radius 1 is 0.613 bits per heavy atom. The van der Waals surface area contributed by atoms with Crippen molar-refractivity contribution in [2.45, 2.75) is 54.6 Å². The normalized spacial score (nSPS) is 12.6. The Hall–Kier alpha value is -0.676. The molecular weight excluding hydrogens is 440 g/mol. The minimum Gasteiger partial charge on any atom is -0.351 e. The summed E-state index contributed by atoms with van der Waals surface area (Å²) in [5, 5.41) is 0. The third-order valence-electron chi connectivity index (χ3n) is 3.93. The van der Waals surface area contributed by atoms with Crippen LogP contribution in [0.3, 0.4) is 0 Å². The third kappa shape index (κ3) is 10.2. The molecule has 0 aliphatic rings. The van der Waals surface area contributed by atoms with Gasteiger partial charge in [0.2, 0.25) is 6.33 Å². The molecule has 0 unspecified atom stereocenters. The van der Waals surface area contributed by atoms with Gasteiger partial charge >= 0.3 is 18.1 Å². The molecule has 182 valence electrons. The van der Waals surface area contributed by atoms with Crippen molar-refractivity contribution in [3.05, 3.63) is 18.7 Å². The second kappa shape index (κ2) is 16.0. The van der Waals surface area contributed by atoms with E-state index in [2.05, 4.69) is 0 Å². The van der Waals surface area contributed by atoms with Gasteiger partial charge in [-0.15, -0.1) is 0 Å². The highest BCUT2D eigenvalue weighted by atomic mass is 28.4. The number of hydrogen-bond donors (Lipinski definition) is 0. The predicted octanol–water partition coefficient (Wildman–Crippen LogP) is 1.90. The van der Waals surface area contributed by atoms with Crippen LogP contribution in [0.2, 0.25) is 0 Å². The summed E-state index contributed by atoms with van der Waals surface area (Å²) >= 11 is 0. The second-order valence-corrected chi connectivity index (χ2v) is 10.5. The van der Waals surface area contributed by atoms with Crippen molar-refractivity contribution >= 4 is 18.1 Å². The standard InChI is InChI=1S/C19H41N2O8Si2/c1-7-22-30(23-8-2,24-9-3)28-17-15-20-13-14-21(19-20)16-18-29-31(25-10-4,26-11-5)27-12-6/h13-14,19H,7-12,15-18H2,1-6H3/q+1. The van der Waals surface area contributed by atoms with Crippen molar-refractivity contribution in [3.8, 4) is 0 Å². The summed E-state index contributed by atoms with van der Waals surface area (Å²) in [6, 6.07) is 0. The van der Waals surface area contributed by atoms with Crippen LogP contribution in [0.5, 0.6) is 0 Å². The van der Waals surface area contributed by atoms with Gasteiger partial charge in [0.25, 0.3) is 0 Å². The number of aromatic nitrogens is 2. The van der Waals surface area contributed by atoms with E-state index >= 15 is 0 Å². The fraction of sp³-hybridized carbons (Fsp3) is 0.842. The van der Waals surface area contributed by atoms with Crippen LogP contribution >= 0.6 is 0 Å². The first kappa shape index (κ1) is 28.4. The van der Waals surface area contributed by atoms with E-state index in [9.17, 15) is 0 Å². The lowest BCUT2D eigenvalue weighted by atomic mass is 10.7. The Labute approximate surface area is 189 Å². The monoisotopic (exact) mass is 481 g/mol. The molecule has 0 N–H and O–H groups in total. The molecule has 0 saturated carbocycles. The first-order valence-corrected chi connectivity index (χ1v) is 14.4. The molecule has 0 aliphatic heterocycles. The van der Waals surface area contributed by atoms with Crippen LogP contribution in [0, 0.1) is 0 Å². The van der Waals surface area contributed by atoms with E-state index in [0.717, 1.165) is 0 Å². The lowest BCUT2D eigenvalue weighted by molar-refractivity contribution is -0.697. The lowest BCUT2D eigenvalue weighted by Gasteiger charge is -2.26. The zero-order chi connectivity index (χ0) is 23.0. The highest BCUT2D eigenvalue weighted by Gasteiger charge is 2.45. The molecule has 0 bridgehead atoms. The van der Waals surface area contributed by atoms with E-state index < -0.39 is 18.1 Å². The van der Waals surface area contributed by atoms with Gasteiger partial charge < -0.3 is 35.4 Å². The molecule has 1 rings (SSSR count). The van der Waals surface area contributed by atoms with Gasteiger partial charge in [-0.1, -0.05) is 0 Å². The SMILES string of the molecule is CCO[Si](OCC)(OCC)OCCn1cc[n+](CCO[Si](OCC)(OCC)OCC)c1. The summed E-state index contributed by atoms with van der Waals surface area (Å²) in [5.41, 5.74) is 0. The van der Waals surface area contributed by atoms with Gasteiger partial charge in [-0.2, -0.15) is 0 Å². The van der Waals surface area contributed by atoms with Crippen molar-refractivity contribution in [2.75, 3.05) is 52.9 Å². The van der Waals surface area contributed by atoms with Crippen molar-refractivity contribution in [1.82, 2.24) is 4.57 Å². The van der Waals surface area contributed by atoms with E-state index in [0.29, 0.717) is 65.9 Å². The fourth-order valence-electron chi connectivity index (χ4n) is 2.82. The summed E-state index contributed by atoms with van der Waals surface area (Å²) in [6.07, 6.45) is 5.95. The number of hydrogen-bond acceptors (Lipinski definition) is 8. The van der Waals surface area contributed by atoms with E-state index in [1.165, 1.54) is 0 Å². The average Bonchev–Trinajstić information content (AvgIpc) is 3.17. The van der Waals surface area contributed by atoms with E-state index in [1.807, 2.05) is 69.4 Å². The first-order chi connectivity index (χ1) is 15.0. The molecule has 0 fully saturated rings. The van der Waals surface area contributed by atoms with Gasteiger partial charge in [-0.3, -0.25) is 0 Å². The van der Waals surface area contributed by atoms with Crippen molar-refractivity contribution < 1.29 is 40.0 Å². The summed E-state index contributed by atoms with van der Waals surface area (Å²) in [7, 11) is -6.17. The molecule has 1 heterocycles. The van der Waals surface area contributed by atoms with Crippen molar-refractivity contribution in [3.63, 3.8) is 0 Å². The molecule has 12 heteroatoms. The molecule has 0 amide bonds. The minimum atomic E-state index is -3.09. The third-order valence-corrected chi connectivity index (χ3v) is 8.90. The Balaban J connectivity index is 2.55. The molecule has 1 aromatic heterocycles. The van der Waals surface area contributed by atoms with Gasteiger partial charge in [-0.05, 0) is 41.5 Å².